The Morgan fingerprint density at radius 2 is 1.65 bits per heavy atom. The van der Waals surface area contributed by atoms with E-state index in [2.05, 4.69) is 25.7 Å². The van der Waals surface area contributed by atoms with Crippen LogP contribution in [0.15, 0.2) is 71.3 Å². The molecule has 26 heavy (non-hydrogen) atoms. The molecule has 1 heterocycles. The first-order chi connectivity index (χ1) is 12.4. The van der Waals surface area contributed by atoms with Crippen molar-refractivity contribution in [2.24, 2.45) is 0 Å². The summed E-state index contributed by atoms with van der Waals surface area (Å²) >= 11 is 3.38. The molecular formula is C19H13BrF3NO2. The SMILES string of the molecule is FC(F)(F)Oc1cccc(Oc2cccnc2Cc2ccc(Br)cc2)c1. The number of ether oxygens (including phenoxy) is 2. The fourth-order valence-electron chi connectivity index (χ4n) is 2.31. The summed E-state index contributed by atoms with van der Waals surface area (Å²) < 4.78 is 47.7. The van der Waals surface area contributed by atoms with Gasteiger partial charge in [-0.1, -0.05) is 34.1 Å². The summed E-state index contributed by atoms with van der Waals surface area (Å²) in [5.41, 5.74) is 1.71. The van der Waals surface area contributed by atoms with Crippen LogP contribution in [0.25, 0.3) is 0 Å². The van der Waals surface area contributed by atoms with Crippen LogP contribution in [0.5, 0.6) is 17.2 Å². The molecule has 0 N–H and O–H groups in total. The summed E-state index contributed by atoms with van der Waals surface area (Å²) in [7, 11) is 0. The molecule has 2 aromatic carbocycles. The fraction of sp³-hybridized carbons (Fsp3) is 0.105. The molecule has 0 unspecified atom stereocenters. The highest BCUT2D eigenvalue weighted by Crippen LogP contribution is 2.30. The number of halogens is 4. The van der Waals surface area contributed by atoms with E-state index in [1.54, 1.807) is 24.4 Å². The summed E-state index contributed by atoms with van der Waals surface area (Å²) in [6, 6.07) is 16.6. The van der Waals surface area contributed by atoms with Gasteiger partial charge in [0.05, 0.1) is 5.69 Å². The highest BCUT2D eigenvalue weighted by atomic mass is 79.9. The van der Waals surface area contributed by atoms with Crippen LogP contribution in [-0.4, -0.2) is 11.3 Å². The van der Waals surface area contributed by atoms with Crippen molar-refractivity contribution >= 4 is 15.9 Å². The van der Waals surface area contributed by atoms with E-state index >= 15 is 0 Å². The molecule has 3 nitrogen and oxygen atoms in total. The van der Waals surface area contributed by atoms with Crippen molar-refractivity contribution in [2.75, 3.05) is 0 Å². The van der Waals surface area contributed by atoms with E-state index in [1.165, 1.54) is 18.2 Å². The minimum Gasteiger partial charge on any atom is -0.455 e. The van der Waals surface area contributed by atoms with Crippen molar-refractivity contribution in [3.8, 4) is 17.2 Å². The molecule has 0 radical (unpaired) electrons. The third-order valence-corrected chi connectivity index (χ3v) is 3.93. The molecule has 0 atom stereocenters. The fourth-order valence-corrected chi connectivity index (χ4v) is 2.57. The average Bonchev–Trinajstić information content (AvgIpc) is 2.57. The smallest absolute Gasteiger partial charge is 0.455 e. The van der Waals surface area contributed by atoms with Gasteiger partial charge in [0.2, 0.25) is 0 Å². The van der Waals surface area contributed by atoms with Crippen molar-refractivity contribution in [3.63, 3.8) is 0 Å². The molecule has 1 aromatic heterocycles. The maximum absolute atomic E-state index is 12.4. The van der Waals surface area contributed by atoms with Gasteiger partial charge in [-0.2, -0.15) is 0 Å². The number of aromatic nitrogens is 1. The standard InChI is InChI=1S/C19H13BrF3NO2/c20-14-8-6-13(7-9-14)11-17-18(5-2-10-24-17)25-15-3-1-4-16(12-15)26-19(21,22)23/h1-10,12H,11H2. The molecule has 0 aliphatic heterocycles. The first-order valence-electron chi connectivity index (χ1n) is 7.61. The zero-order valence-corrected chi connectivity index (χ0v) is 14.9. The maximum Gasteiger partial charge on any atom is 0.573 e. The Labute approximate surface area is 156 Å². The monoisotopic (exact) mass is 423 g/mol. The Hall–Kier alpha value is -2.54. The molecule has 0 saturated carbocycles. The summed E-state index contributed by atoms with van der Waals surface area (Å²) in [4.78, 5) is 4.33. The van der Waals surface area contributed by atoms with Gasteiger partial charge in [0.1, 0.15) is 17.2 Å². The minimum atomic E-state index is -4.75. The highest BCUT2D eigenvalue weighted by molar-refractivity contribution is 9.10. The Bertz CT molecular complexity index is 882. The van der Waals surface area contributed by atoms with Gasteiger partial charge in [-0.15, -0.1) is 13.2 Å². The van der Waals surface area contributed by atoms with Crippen LogP contribution in [0.4, 0.5) is 13.2 Å². The molecule has 0 aliphatic rings. The van der Waals surface area contributed by atoms with Crippen LogP contribution in [-0.2, 0) is 6.42 Å². The van der Waals surface area contributed by atoms with Crippen LogP contribution in [0.2, 0.25) is 0 Å². The Morgan fingerprint density at radius 1 is 0.923 bits per heavy atom. The van der Waals surface area contributed by atoms with Crippen LogP contribution >= 0.6 is 15.9 Å². The number of pyridine rings is 1. The lowest BCUT2D eigenvalue weighted by Gasteiger charge is -2.12. The van der Waals surface area contributed by atoms with Crippen molar-refractivity contribution in [1.82, 2.24) is 4.98 Å². The van der Waals surface area contributed by atoms with Crippen molar-refractivity contribution in [1.29, 1.82) is 0 Å². The zero-order chi connectivity index (χ0) is 18.6. The van der Waals surface area contributed by atoms with Crippen molar-refractivity contribution in [3.05, 3.63) is 82.6 Å². The van der Waals surface area contributed by atoms with E-state index in [1.807, 2.05) is 24.3 Å². The summed E-state index contributed by atoms with van der Waals surface area (Å²) in [5.74, 6) is 0.365. The van der Waals surface area contributed by atoms with Gasteiger partial charge in [-0.25, -0.2) is 0 Å². The van der Waals surface area contributed by atoms with E-state index in [9.17, 15) is 13.2 Å². The molecule has 0 aliphatic carbocycles. The number of benzene rings is 2. The lowest BCUT2D eigenvalue weighted by atomic mass is 10.1. The van der Waals surface area contributed by atoms with E-state index in [4.69, 9.17) is 4.74 Å². The summed E-state index contributed by atoms with van der Waals surface area (Å²) in [6.45, 7) is 0. The van der Waals surface area contributed by atoms with Crippen molar-refractivity contribution in [2.45, 2.75) is 12.8 Å². The second-order valence-electron chi connectivity index (χ2n) is 5.38. The Kier molecular flexibility index (Phi) is 5.46. The van der Waals surface area contributed by atoms with Gasteiger partial charge in [0.15, 0.2) is 0 Å². The highest BCUT2D eigenvalue weighted by Gasteiger charge is 2.31. The lowest BCUT2D eigenvalue weighted by Crippen LogP contribution is -2.17. The van der Waals surface area contributed by atoms with Crippen LogP contribution < -0.4 is 9.47 Å². The summed E-state index contributed by atoms with van der Waals surface area (Å²) in [5, 5.41) is 0. The van der Waals surface area contributed by atoms with Crippen LogP contribution in [0.1, 0.15) is 11.3 Å². The van der Waals surface area contributed by atoms with E-state index in [-0.39, 0.29) is 11.5 Å². The maximum atomic E-state index is 12.4. The van der Waals surface area contributed by atoms with E-state index < -0.39 is 6.36 Å². The zero-order valence-electron chi connectivity index (χ0n) is 13.3. The number of hydrogen-bond acceptors (Lipinski definition) is 3. The number of alkyl halides is 3. The second-order valence-corrected chi connectivity index (χ2v) is 6.29. The average molecular weight is 424 g/mol. The molecule has 7 heteroatoms. The predicted molar refractivity (Wildman–Crippen MR) is 94.4 cm³/mol. The van der Waals surface area contributed by atoms with Gasteiger partial charge in [0.25, 0.3) is 0 Å². The molecule has 0 saturated heterocycles. The van der Waals surface area contributed by atoms with E-state index in [0.29, 0.717) is 17.9 Å². The second kappa shape index (κ2) is 7.78. The molecule has 134 valence electrons. The molecule has 0 amide bonds. The largest absolute Gasteiger partial charge is 0.573 e. The third kappa shape index (κ3) is 5.23. The normalized spacial score (nSPS) is 11.2. The molecule has 0 fully saturated rings. The van der Waals surface area contributed by atoms with Crippen molar-refractivity contribution < 1.29 is 22.6 Å². The minimum absolute atomic E-state index is 0.233. The van der Waals surface area contributed by atoms with Crippen LogP contribution in [0, 0.1) is 0 Å². The van der Waals surface area contributed by atoms with E-state index in [0.717, 1.165) is 10.0 Å². The number of nitrogens with zero attached hydrogens (tertiary/aromatic N) is 1. The molecule has 0 bridgehead atoms. The summed E-state index contributed by atoms with van der Waals surface area (Å²) in [6.07, 6.45) is -2.58. The Morgan fingerprint density at radius 3 is 2.38 bits per heavy atom. The van der Waals surface area contributed by atoms with Gasteiger partial charge in [-0.05, 0) is 42.0 Å². The third-order valence-electron chi connectivity index (χ3n) is 3.40. The number of hydrogen-bond donors (Lipinski definition) is 0. The topological polar surface area (TPSA) is 31.4 Å². The lowest BCUT2D eigenvalue weighted by molar-refractivity contribution is -0.274. The quantitative estimate of drug-likeness (QED) is 0.494. The molecule has 3 rings (SSSR count). The van der Waals surface area contributed by atoms with Gasteiger partial charge >= 0.3 is 6.36 Å². The first-order valence-corrected chi connectivity index (χ1v) is 8.40. The Balaban J connectivity index is 1.80. The first kappa shape index (κ1) is 18.3. The molecule has 0 spiro atoms. The molecular weight excluding hydrogens is 411 g/mol. The number of rotatable bonds is 5. The predicted octanol–water partition coefficient (Wildman–Crippen LogP) is 6.13. The van der Waals surface area contributed by atoms with Gasteiger partial charge < -0.3 is 9.47 Å². The van der Waals surface area contributed by atoms with Gasteiger partial charge in [-0.3, -0.25) is 4.98 Å². The molecule has 3 aromatic rings. The van der Waals surface area contributed by atoms with Crippen LogP contribution in [0.3, 0.4) is 0 Å². The van der Waals surface area contributed by atoms with Gasteiger partial charge in [0, 0.05) is 23.2 Å².